The standard InChI is InChI=1S/C10H18N3OP/c1-11-12-10(13(2)3)15(14,8-4-5-8)9-6-7-9/h8-9H,1,4-7H2,2-3H3/b12-10+. The minimum absolute atomic E-state index is 0.382. The van der Waals surface area contributed by atoms with Crippen molar-refractivity contribution in [2.24, 2.45) is 10.2 Å². The molecule has 0 saturated heterocycles. The first-order valence-corrected chi connectivity index (χ1v) is 7.26. The van der Waals surface area contributed by atoms with Gasteiger partial charge >= 0.3 is 0 Å². The van der Waals surface area contributed by atoms with Gasteiger partial charge in [0, 0.05) is 32.1 Å². The Morgan fingerprint density at radius 3 is 2.00 bits per heavy atom. The molecular formula is C10H18N3OP. The van der Waals surface area contributed by atoms with E-state index in [1.165, 1.54) is 0 Å². The van der Waals surface area contributed by atoms with Crippen molar-refractivity contribution < 1.29 is 4.57 Å². The average molecular weight is 227 g/mol. The molecule has 0 bridgehead atoms. The van der Waals surface area contributed by atoms with E-state index in [4.69, 9.17) is 0 Å². The summed E-state index contributed by atoms with van der Waals surface area (Å²) in [5, 5.41) is 7.58. The zero-order valence-electron chi connectivity index (χ0n) is 9.39. The first-order chi connectivity index (χ1) is 7.10. The van der Waals surface area contributed by atoms with Gasteiger partial charge in [-0.15, -0.1) is 5.10 Å². The number of amidine groups is 1. The van der Waals surface area contributed by atoms with E-state index in [1.807, 2.05) is 19.0 Å². The zero-order chi connectivity index (χ0) is 11.1. The second-order valence-electron chi connectivity index (χ2n) is 4.61. The molecule has 0 aromatic heterocycles. The van der Waals surface area contributed by atoms with E-state index in [2.05, 4.69) is 16.9 Å². The highest BCUT2D eigenvalue weighted by Crippen LogP contribution is 2.71. The molecule has 84 valence electrons. The topological polar surface area (TPSA) is 45.0 Å². The zero-order valence-corrected chi connectivity index (χ0v) is 10.3. The fourth-order valence-corrected chi connectivity index (χ4v) is 5.99. The van der Waals surface area contributed by atoms with Gasteiger partial charge in [0.1, 0.15) is 0 Å². The molecular weight excluding hydrogens is 209 g/mol. The van der Waals surface area contributed by atoms with E-state index in [9.17, 15) is 4.57 Å². The van der Waals surface area contributed by atoms with Crippen LogP contribution in [0.5, 0.6) is 0 Å². The van der Waals surface area contributed by atoms with Gasteiger partial charge in [-0.3, -0.25) is 0 Å². The van der Waals surface area contributed by atoms with Crippen LogP contribution in [-0.4, -0.2) is 42.6 Å². The molecule has 0 unspecified atom stereocenters. The summed E-state index contributed by atoms with van der Waals surface area (Å²) < 4.78 is 13.0. The van der Waals surface area contributed by atoms with Gasteiger partial charge in [-0.25, -0.2) is 0 Å². The summed E-state index contributed by atoms with van der Waals surface area (Å²) in [5.41, 5.74) is 1.45. The molecule has 0 radical (unpaired) electrons. The van der Waals surface area contributed by atoms with Crippen LogP contribution in [0, 0.1) is 0 Å². The van der Waals surface area contributed by atoms with E-state index >= 15 is 0 Å². The van der Waals surface area contributed by atoms with Crippen LogP contribution >= 0.6 is 7.14 Å². The van der Waals surface area contributed by atoms with Crippen LogP contribution < -0.4 is 0 Å². The average Bonchev–Trinajstić information content (AvgIpc) is 3.06. The third kappa shape index (κ3) is 1.87. The molecule has 2 aliphatic rings. The predicted molar refractivity (Wildman–Crippen MR) is 64.3 cm³/mol. The first kappa shape index (κ1) is 10.9. The lowest BCUT2D eigenvalue weighted by atomic mass is 10.9. The minimum Gasteiger partial charge on any atom is -0.358 e. The largest absolute Gasteiger partial charge is 0.358 e. The van der Waals surface area contributed by atoms with Crippen LogP contribution in [0.1, 0.15) is 25.7 Å². The number of nitrogens with zero attached hydrogens (tertiary/aromatic N) is 3. The summed E-state index contributed by atoms with van der Waals surface area (Å²) in [5.74, 6) is 0. The Morgan fingerprint density at radius 1 is 1.27 bits per heavy atom. The lowest BCUT2D eigenvalue weighted by Crippen LogP contribution is -2.25. The van der Waals surface area contributed by atoms with Crippen molar-refractivity contribution in [3.63, 3.8) is 0 Å². The highest BCUT2D eigenvalue weighted by atomic mass is 31.2. The van der Waals surface area contributed by atoms with Gasteiger partial charge in [0.15, 0.2) is 12.7 Å². The second kappa shape index (κ2) is 3.75. The molecule has 2 saturated carbocycles. The Hall–Kier alpha value is -0.630. The maximum atomic E-state index is 13.0. The highest BCUT2D eigenvalue weighted by molar-refractivity contribution is 7.82. The summed E-state index contributed by atoms with van der Waals surface area (Å²) in [6.45, 7) is 3.37. The molecule has 0 spiro atoms. The van der Waals surface area contributed by atoms with E-state index in [0.717, 1.165) is 25.7 Å². The fraction of sp³-hybridized carbons (Fsp3) is 0.800. The number of hydrogen-bond donors (Lipinski definition) is 0. The van der Waals surface area contributed by atoms with Crippen molar-refractivity contribution in [2.75, 3.05) is 14.1 Å². The van der Waals surface area contributed by atoms with Gasteiger partial charge in [0.2, 0.25) is 0 Å². The monoisotopic (exact) mass is 227 g/mol. The van der Waals surface area contributed by atoms with Crippen LogP contribution in [0.3, 0.4) is 0 Å². The van der Waals surface area contributed by atoms with Gasteiger partial charge in [-0.1, -0.05) is 0 Å². The summed E-state index contributed by atoms with van der Waals surface area (Å²) in [6.07, 6.45) is 4.38. The Balaban J connectivity index is 2.33. The third-order valence-corrected chi connectivity index (χ3v) is 7.37. The predicted octanol–water partition coefficient (Wildman–Crippen LogP) is 2.21. The Bertz CT molecular complexity index is 327. The summed E-state index contributed by atoms with van der Waals surface area (Å²) >= 11 is 0. The van der Waals surface area contributed by atoms with Crippen LogP contribution in [0.15, 0.2) is 10.2 Å². The molecule has 4 nitrogen and oxygen atoms in total. The third-order valence-electron chi connectivity index (χ3n) is 3.05. The number of hydrogen-bond acceptors (Lipinski definition) is 3. The number of rotatable bonds is 4. The fourth-order valence-electron chi connectivity index (χ4n) is 2.08. The summed E-state index contributed by atoms with van der Waals surface area (Å²) in [7, 11) is 1.50. The Morgan fingerprint density at radius 2 is 1.73 bits per heavy atom. The normalized spacial score (nSPS) is 22.7. The van der Waals surface area contributed by atoms with Crippen LogP contribution in [-0.2, 0) is 4.57 Å². The lowest BCUT2D eigenvalue weighted by molar-refractivity contribution is 0.568. The molecule has 5 heteroatoms. The maximum Gasteiger partial charge on any atom is 0.187 e. The van der Waals surface area contributed by atoms with Crippen LogP contribution in [0.2, 0.25) is 0 Å². The molecule has 0 aromatic carbocycles. The molecule has 2 aliphatic carbocycles. The Labute approximate surface area is 90.8 Å². The van der Waals surface area contributed by atoms with Gasteiger partial charge in [0.25, 0.3) is 0 Å². The lowest BCUT2D eigenvalue weighted by Gasteiger charge is -2.24. The molecule has 0 atom stereocenters. The van der Waals surface area contributed by atoms with Crippen molar-refractivity contribution in [2.45, 2.75) is 37.0 Å². The summed E-state index contributed by atoms with van der Waals surface area (Å²) in [4.78, 5) is 1.85. The minimum atomic E-state index is -2.28. The molecule has 2 fully saturated rings. The van der Waals surface area contributed by atoms with Crippen molar-refractivity contribution in [1.29, 1.82) is 0 Å². The van der Waals surface area contributed by atoms with Crippen molar-refractivity contribution in [3.8, 4) is 0 Å². The highest BCUT2D eigenvalue weighted by Gasteiger charge is 2.54. The van der Waals surface area contributed by atoms with E-state index in [-0.39, 0.29) is 0 Å². The van der Waals surface area contributed by atoms with Gasteiger partial charge in [-0.05, 0) is 25.7 Å². The van der Waals surface area contributed by atoms with Crippen LogP contribution in [0.25, 0.3) is 0 Å². The van der Waals surface area contributed by atoms with Crippen molar-refractivity contribution >= 4 is 19.4 Å². The quantitative estimate of drug-likeness (QED) is 0.320. The van der Waals surface area contributed by atoms with Crippen molar-refractivity contribution in [1.82, 2.24) is 4.90 Å². The summed E-state index contributed by atoms with van der Waals surface area (Å²) in [6, 6.07) is 0. The molecule has 15 heavy (non-hydrogen) atoms. The molecule has 2 rings (SSSR count). The second-order valence-corrected chi connectivity index (χ2v) is 7.89. The molecule has 0 N–H and O–H groups in total. The Kier molecular flexibility index (Phi) is 2.72. The smallest absolute Gasteiger partial charge is 0.187 e. The van der Waals surface area contributed by atoms with E-state index < -0.39 is 7.14 Å². The van der Waals surface area contributed by atoms with Crippen LogP contribution in [0.4, 0.5) is 0 Å². The maximum absolute atomic E-state index is 13.0. The van der Waals surface area contributed by atoms with Crippen molar-refractivity contribution in [3.05, 3.63) is 0 Å². The molecule has 0 amide bonds. The SMILES string of the molecule is C=N/N=C(\N(C)C)P(=O)(C1CC1)C1CC1. The first-order valence-electron chi connectivity index (χ1n) is 5.41. The van der Waals surface area contributed by atoms with Gasteiger partial charge in [-0.2, -0.15) is 5.10 Å². The van der Waals surface area contributed by atoms with E-state index in [1.54, 1.807) is 0 Å². The van der Waals surface area contributed by atoms with Gasteiger partial charge < -0.3 is 9.46 Å². The molecule has 0 heterocycles. The van der Waals surface area contributed by atoms with E-state index in [0.29, 0.717) is 16.9 Å². The molecule has 0 aromatic rings. The van der Waals surface area contributed by atoms with Gasteiger partial charge in [0.05, 0.1) is 0 Å². The molecule has 0 aliphatic heterocycles.